The van der Waals surface area contributed by atoms with Crippen LogP contribution in [0.15, 0.2) is 65.6 Å². The maximum atomic E-state index is 13.2. The van der Waals surface area contributed by atoms with E-state index in [-0.39, 0.29) is 25.2 Å². The van der Waals surface area contributed by atoms with Crippen molar-refractivity contribution < 1.29 is 33.3 Å². The summed E-state index contributed by atoms with van der Waals surface area (Å²) in [5, 5.41) is 2.78. The van der Waals surface area contributed by atoms with Gasteiger partial charge in [-0.05, 0) is 72.7 Å². The lowest BCUT2D eigenvalue weighted by Crippen LogP contribution is -2.27. The number of fused-ring (bicyclic) bond motifs is 1. The summed E-state index contributed by atoms with van der Waals surface area (Å²) in [6.07, 6.45) is 1.77. The Morgan fingerprint density at radius 3 is 2.62 bits per heavy atom. The summed E-state index contributed by atoms with van der Waals surface area (Å²) in [5.41, 5.74) is 2.26. The normalized spacial score (nSPS) is 14.9. The van der Waals surface area contributed by atoms with Crippen LogP contribution in [0.1, 0.15) is 18.1 Å². The highest BCUT2D eigenvalue weighted by Gasteiger charge is 2.32. The summed E-state index contributed by atoms with van der Waals surface area (Å²) in [6, 6.07) is 17.9. The zero-order chi connectivity index (χ0) is 28.1. The summed E-state index contributed by atoms with van der Waals surface area (Å²) >= 11 is 6.74. The smallest absolute Gasteiger partial charge is 0.266 e. The van der Waals surface area contributed by atoms with Crippen LogP contribution >= 0.6 is 24.0 Å². The number of benzene rings is 3. The van der Waals surface area contributed by atoms with Crippen molar-refractivity contribution in [3.63, 3.8) is 0 Å². The highest BCUT2D eigenvalue weighted by molar-refractivity contribution is 8.26. The molecule has 2 amide bonds. The van der Waals surface area contributed by atoms with Crippen molar-refractivity contribution in [2.45, 2.75) is 13.5 Å². The van der Waals surface area contributed by atoms with Crippen molar-refractivity contribution in [2.24, 2.45) is 0 Å². The van der Waals surface area contributed by atoms with Crippen molar-refractivity contribution in [1.82, 2.24) is 4.90 Å². The van der Waals surface area contributed by atoms with Crippen molar-refractivity contribution in [3.8, 4) is 28.7 Å². The van der Waals surface area contributed by atoms with Gasteiger partial charge in [0.15, 0.2) is 29.6 Å². The van der Waals surface area contributed by atoms with E-state index in [9.17, 15) is 9.59 Å². The first-order chi connectivity index (χ1) is 19.4. The number of methoxy groups -OCH3 is 1. The number of nitrogens with zero attached hydrogens (tertiary/aromatic N) is 1. The third-order valence-electron chi connectivity index (χ3n) is 5.95. The SMILES string of the molecule is CCOc1cc(/C=C2\SC(=S)N(Cc3ccc4c(c3)OCO4)C2=O)ccc1OCC(=O)Nc1ccc(OC)cc1. The van der Waals surface area contributed by atoms with Gasteiger partial charge >= 0.3 is 0 Å². The van der Waals surface area contributed by atoms with Gasteiger partial charge in [0.05, 0.1) is 25.2 Å². The van der Waals surface area contributed by atoms with Gasteiger partial charge in [-0.2, -0.15) is 0 Å². The van der Waals surface area contributed by atoms with Gasteiger partial charge < -0.3 is 29.0 Å². The zero-order valence-electron chi connectivity index (χ0n) is 21.8. The molecule has 11 heteroatoms. The molecule has 206 valence electrons. The number of hydrogen-bond donors (Lipinski definition) is 1. The molecule has 2 heterocycles. The maximum absolute atomic E-state index is 13.2. The van der Waals surface area contributed by atoms with Gasteiger partial charge in [-0.25, -0.2) is 0 Å². The second-order valence-corrected chi connectivity index (χ2v) is 10.3. The van der Waals surface area contributed by atoms with Crippen LogP contribution in [0.3, 0.4) is 0 Å². The maximum Gasteiger partial charge on any atom is 0.266 e. The zero-order valence-corrected chi connectivity index (χ0v) is 23.4. The molecule has 3 aromatic carbocycles. The Bertz CT molecular complexity index is 1470. The molecule has 0 spiro atoms. The van der Waals surface area contributed by atoms with Crippen LogP contribution in [-0.2, 0) is 16.1 Å². The molecule has 1 saturated heterocycles. The van der Waals surface area contributed by atoms with Gasteiger partial charge in [-0.3, -0.25) is 14.5 Å². The molecule has 3 aromatic rings. The minimum atomic E-state index is -0.317. The van der Waals surface area contributed by atoms with Crippen LogP contribution < -0.4 is 29.0 Å². The molecule has 1 fully saturated rings. The number of thioether (sulfide) groups is 1. The van der Waals surface area contributed by atoms with Crippen LogP contribution in [0.25, 0.3) is 6.08 Å². The van der Waals surface area contributed by atoms with Crippen LogP contribution in [0.2, 0.25) is 0 Å². The molecule has 5 rings (SSSR count). The second-order valence-electron chi connectivity index (χ2n) is 8.66. The van der Waals surface area contributed by atoms with Crippen LogP contribution in [0.5, 0.6) is 28.7 Å². The van der Waals surface area contributed by atoms with E-state index < -0.39 is 0 Å². The van der Waals surface area contributed by atoms with Crippen molar-refractivity contribution in [1.29, 1.82) is 0 Å². The molecular formula is C29H26N2O7S2. The van der Waals surface area contributed by atoms with Crippen LogP contribution in [0, 0.1) is 0 Å². The topological polar surface area (TPSA) is 95.6 Å². The Labute approximate surface area is 241 Å². The highest BCUT2D eigenvalue weighted by Crippen LogP contribution is 2.37. The van der Waals surface area contributed by atoms with Gasteiger partial charge in [0.1, 0.15) is 10.1 Å². The van der Waals surface area contributed by atoms with Crippen molar-refractivity contribution in [3.05, 3.63) is 76.7 Å². The number of amides is 2. The number of ether oxygens (including phenoxy) is 5. The van der Waals surface area contributed by atoms with Crippen molar-refractivity contribution >= 4 is 51.9 Å². The van der Waals surface area contributed by atoms with E-state index in [2.05, 4.69) is 5.32 Å². The van der Waals surface area contributed by atoms with E-state index in [0.717, 1.165) is 11.1 Å². The molecule has 40 heavy (non-hydrogen) atoms. The number of thiocarbonyl (C=S) groups is 1. The number of hydrogen-bond acceptors (Lipinski definition) is 9. The predicted molar refractivity (Wildman–Crippen MR) is 156 cm³/mol. The molecule has 1 N–H and O–H groups in total. The fourth-order valence-corrected chi connectivity index (χ4v) is 5.28. The van der Waals surface area contributed by atoms with Gasteiger partial charge in [-0.1, -0.05) is 36.1 Å². The van der Waals surface area contributed by atoms with Crippen molar-refractivity contribution in [2.75, 3.05) is 32.4 Å². The van der Waals surface area contributed by atoms with Gasteiger partial charge in [-0.15, -0.1) is 0 Å². The van der Waals surface area contributed by atoms with Crippen LogP contribution in [0.4, 0.5) is 5.69 Å². The first kappa shape index (κ1) is 27.4. The molecule has 0 bridgehead atoms. The summed E-state index contributed by atoms with van der Waals surface area (Å²) in [4.78, 5) is 27.6. The molecule has 2 aliphatic heterocycles. The monoisotopic (exact) mass is 578 g/mol. The average molecular weight is 579 g/mol. The third-order valence-corrected chi connectivity index (χ3v) is 7.33. The molecule has 2 aliphatic rings. The van der Waals surface area contributed by atoms with Gasteiger partial charge in [0, 0.05) is 5.69 Å². The summed E-state index contributed by atoms with van der Waals surface area (Å²) < 4.78 is 27.9. The Hall–Kier alpha value is -4.22. The van der Waals surface area contributed by atoms with E-state index >= 15 is 0 Å². The van der Waals surface area contributed by atoms with E-state index in [1.165, 1.54) is 11.8 Å². The van der Waals surface area contributed by atoms with E-state index in [1.807, 2.05) is 25.1 Å². The van der Waals surface area contributed by atoms with E-state index in [4.69, 9.17) is 35.9 Å². The first-order valence-electron chi connectivity index (χ1n) is 12.4. The predicted octanol–water partition coefficient (Wildman–Crippen LogP) is 5.24. The average Bonchev–Trinajstić information content (AvgIpc) is 3.53. The summed E-state index contributed by atoms with van der Waals surface area (Å²) in [7, 11) is 1.58. The lowest BCUT2D eigenvalue weighted by Gasteiger charge is -2.15. The molecule has 9 nitrogen and oxygen atoms in total. The standard InChI is InChI=1S/C29H26N2O7S2/c1-3-35-24-12-18(4-10-22(24)36-16-27(32)30-20-6-8-21(34-2)9-7-20)14-26-28(33)31(29(39)40-26)15-19-5-11-23-25(13-19)38-17-37-23/h4-14H,3,15-17H2,1-2H3,(H,30,32)/b26-14-. The summed E-state index contributed by atoms with van der Waals surface area (Å²) in [5.74, 6) is 2.42. The number of carbonyl (C=O) groups is 2. The van der Waals surface area contributed by atoms with Gasteiger partial charge in [0.2, 0.25) is 6.79 Å². The Morgan fingerprint density at radius 2 is 1.85 bits per heavy atom. The molecule has 0 saturated carbocycles. The minimum Gasteiger partial charge on any atom is -0.497 e. The molecule has 0 aromatic heterocycles. The number of rotatable bonds is 10. The molecule has 0 atom stereocenters. The van der Waals surface area contributed by atoms with E-state index in [0.29, 0.717) is 56.8 Å². The Morgan fingerprint density at radius 1 is 1.05 bits per heavy atom. The minimum absolute atomic E-state index is 0.179. The molecular weight excluding hydrogens is 552 g/mol. The molecule has 0 radical (unpaired) electrons. The fraction of sp³-hybridized carbons (Fsp3) is 0.207. The summed E-state index contributed by atoms with van der Waals surface area (Å²) in [6.45, 7) is 2.56. The third kappa shape index (κ3) is 6.32. The number of nitrogens with one attached hydrogen (secondary N) is 1. The molecule has 0 unspecified atom stereocenters. The fourth-order valence-electron chi connectivity index (χ4n) is 4.03. The second kappa shape index (κ2) is 12.3. The highest BCUT2D eigenvalue weighted by atomic mass is 32.2. The largest absolute Gasteiger partial charge is 0.497 e. The Balaban J connectivity index is 1.24. The van der Waals surface area contributed by atoms with Crippen LogP contribution in [-0.4, -0.2) is 48.2 Å². The lowest BCUT2D eigenvalue weighted by atomic mass is 10.1. The molecule has 0 aliphatic carbocycles. The quantitative estimate of drug-likeness (QED) is 0.256. The van der Waals surface area contributed by atoms with E-state index in [1.54, 1.807) is 60.6 Å². The number of anilines is 1. The Kier molecular flexibility index (Phi) is 8.42. The number of carbonyl (C=O) groups excluding carboxylic acids is 2. The van der Waals surface area contributed by atoms with Gasteiger partial charge in [0.25, 0.3) is 11.8 Å². The lowest BCUT2D eigenvalue weighted by molar-refractivity contribution is -0.122. The first-order valence-corrected chi connectivity index (χ1v) is 13.6.